The summed E-state index contributed by atoms with van der Waals surface area (Å²) >= 11 is 1.95. The van der Waals surface area contributed by atoms with Gasteiger partial charge < -0.3 is 5.11 Å². The highest BCUT2D eigenvalue weighted by Crippen LogP contribution is 2.22. The molecule has 32 heavy (non-hydrogen) atoms. The van der Waals surface area contributed by atoms with Crippen LogP contribution in [-0.4, -0.2) is 36.9 Å². The van der Waals surface area contributed by atoms with Gasteiger partial charge >= 0.3 is 5.97 Å². The normalized spacial score (nSPS) is 11.6. The maximum absolute atomic E-state index is 13.5. The molecule has 0 atom stereocenters. The number of halogens is 1. The second kappa shape index (κ2) is 10.6. The topological polar surface area (TPSA) is 74.7 Å². The summed E-state index contributed by atoms with van der Waals surface area (Å²) in [5.41, 5.74) is 4.38. The van der Waals surface area contributed by atoms with Crippen LogP contribution >= 0.6 is 22.6 Å². The Balaban J connectivity index is 1.89. The van der Waals surface area contributed by atoms with E-state index in [1.807, 2.05) is 85.0 Å². The molecule has 3 aromatic carbocycles. The monoisotopic (exact) mass is 563 g/mol. The summed E-state index contributed by atoms with van der Waals surface area (Å²) in [6, 6.07) is 20.3. The van der Waals surface area contributed by atoms with E-state index < -0.39 is 16.0 Å². The van der Waals surface area contributed by atoms with Gasteiger partial charge in [-0.25, -0.2) is 13.2 Å². The largest absolute Gasteiger partial charge is 0.478 e. The van der Waals surface area contributed by atoms with E-state index in [0.717, 1.165) is 22.3 Å². The quantitative estimate of drug-likeness (QED) is 0.369. The molecule has 0 heterocycles. The van der Waals surface area contributed by atoms with E-state index in [4.69, 9.17) is 0 Å². The molecule has 1 N–H and O–H groups in total. The van der Waals surface area contributed by atoms with Crippen molar-refractivity contribution in [3.8, 4) is 0 Å². The van der Waals surface area contributed by atoms with Crippen molar-refractivity contribution in [2.45, 2.75) is 31.6 Å². The molecular weight excluding hydrogens is 537 g/mol. The number of carboxylic acid groups (broad SMARTS) is 1. The van der Waals surface area contributed by atoms with E-state index in [9.17, 15) is 18.3 Å². The Morgan fingerprint density at radius 1 is 0.844 bits per heavy atom. The summed E-state index contributed by atoms with van der Waals surface area (Å²) in [7, 11) is -3.87. The smallest absolute Gasteiger partial charge is 0.335 e. The lowest BCUT2D eigenvalue weighted by atomic mass is 10.1. The summed E-state index contributed by atoms with van der Waals surface area (Å²) in [6.07, 6.45) is 1.15. The fraction of sp³-hybridized carbons (Fsp3) is 0.240. The van der Waals surface area contributed by atoms with Gasteiger partial charge in [-0.05, 0) is 78.6 Å². The van der Waals surface area contributed by atoms with Gasteiger partial charge in [0.25, 0.3) is 0 Å². The van der Waals surface area contributed by atoms with Gasteiger partial charge in [-0.3, -0.25) is 0 Å². The molecule has 0 saturated heterocycles. The molecule has 168 valence electrons. The zero-order chi connectivity index (χ0) is 23.3. The van der Waals surface area contributed by atoms with Gasteiger partial charge in [-0.1, -0.05) is 59.7 Å². The second-order valence-corrected chi connectivity index (χ2v) is 11.0. The highest BCUT2D eigenvalue weighted by Gasteiger charge is 2.26. The van der Waals surface area contributed by atoms with Crippen molar-refractivity contribution in [3.63, 3.8) is 0 Å². The first kappa shape index (κ1) is 24.4. The SMILES string of the molecule is Cc1ccc(CCN(CCc2ccc(C)cc2)S(=O)(=O)c2cc(I)cc(C(=O)O)c2)cc1. The van der Waals surface area contributed by atoms with Crippen molar-refractivity contribution in [3.05, 3.63) is 98.1 Å². The lowest BCUT2D eigenvalue weighted by Crippen LogP contribution is -2.35. The predicted molar refractivity (Wildman–Crippen MR) is 135 cm³/mol. The van der Waals surface area contributed by atoms with E-state index in [0.29, 0.717) is 29.5 Å². The van der Waals surface area contributed by atoms with E-state index >= 15 is 0 Å². The van der Waals surface area contributed by atoms with Crippen molar-refractivity contribution in [2.24, 2.45) is 0 Å². The molecule has 0 saturated carbocycles. The Kier molecular flexibility index (Phi) is 8.08. The van der Waals surface area contributed by atoms with Crippen LogP contribution in [0.4, 0.5) is 0 Å². The molecule has 0 fully saturated rings. The standard InChI is InChI=1S/C25H26INO4S/c1-18-3-7-20(8-4-18)11-13-27(14-12-21-9-5-19(2)6-10-21)32(30,31)24-16-22(25(28)29)15-23(26)17-24/h3-10,15-17H,11-14H2,1-2H3,(H,28,29). The summed E-state index contributed by atoms with van der Waals surface area (Å²) in [4.78, 5) is 11.5. The molecule has 0 aliphatic carbocycles. The van der Waals surface area contributed by atoms with Gasteiger partial charge in [-0.2, -0.15) is 4.31 Å². The predicted octanol–water partition coefficient (Wildman–Crippen LogP) is 5.08. The summed E-state index contributed by atoms with van der Waals surface area (Å²) < 4.78 is 29.1. The van der Waals surface area contributed by atoms with Crippen LogP contribution < -0.4 is 0 Å². The molecule has 3 aromatic rings. The van der Waals surface area contributed by atoms with Crippen LogP contribution in [0.3, 0.4) is 0 Å². The van der Waals surface area contributed by atoms with Crippen LogP contribution in [-0.2, 0) is 22.9 Å². The van der Waals surface area contributed by atoms with Gasteiger partial charge in [0.05, 0.1) is 10.5 Å². The molecule has 0 bridgehead atoms. The number of aromatic carboxylic acids is 1. The first-order chi connectivity index (χ1) is 15.1. The van der Waals surface area contributed by atoms with Gasteiger partial charge in [0.2, 0.25) is 10.0 Å². The van der Waals surface area contributed by atoms with Crippen molar-refractivity contribution in [1.29, 1.82) is 0 Å². The van der Waals surface area contributed by atoms with Crippen LogP contribution in [0.1, 0.15) is 32.6 Å². The maximum Gasteiger partial charge on any atom is 0.335 e. The lowest BCUT2D eigenvalue weighted by Gasteiger charge is -2.23. The Hall–Kier alpha value is -2.23. The summed E-state index contributed by atoms with van der Waals surface area (Å²) in [5.74, 6) is -1.15. The van der Waals surface area contributed by atoms with E-state index in [-0.39, 0.29) is 10.5 Å². The number of carboxylic acids is 1. The number of nitrogens with zero attached hydrogens (tertiary/aromatic N) is 1. The Morgan fingerprint density at radius 2 is 1.31 bits per heavy atom. The number of benzene rings is 3. The minimum absolute atomic E-state index is 0.00890. The van der Waals surface area contributed by atoms with E-state index in [2.05, 4.69) is 0 Å². The third-order valence-corrected chi connectivity index (χ3v) is 7.80. The molecule has 0 aliphatic heterocycles. The molecule has 0 aliphatic rings. The molecule has 0 aromatic heterocycles. The second-order valence-electron chi connectivity index (χ2n) is 7.86. The van der Waals surface area contributed by atoms with E-state index in [1.165, 1.54) is 22.5 Å². The minimum Gasteiger partial charge on any atom is -0.478 e. The van der Waals surface area contributed by atoms with Crippen LogP contribution in [0, 0.1) is 17.4 Å². The van der Waals surface area contributed by atoms with Crippen LogP contribution in [0.5, 0.6) is 0 Å². The minimum atomic E-state index is -3.87. The average molecular weight is 563 g/mol. The third kappa shape index (κ3) is 6.40. The highest BCUT2D eigenvalue weighted by molar-refractivity contribution is 14.1. The van der Waals surface area contributed by atoms with Crippen molar-refractivity contribution in [1.82, 2.24) is 4.31 Å². The number of sulfonamides is 1. The van der Waals surface area contributed by atoms with Gasteiger partial charge in [0.15, 0.2) is 0 Å². The first-order valence-corrected chi connectivity index (χ1v) is 12.8. The zero-order valence-electron chi connectivity index (χ0n) is 18.1. The number of rotatable bonds is 9. The Labute approximate surface area is 203 Å². The van der Waals surface area contributed by atoms with Gasteiger partial charge in [0, 0.05) is 16.7 Å². The highest BCUT2D eigenvalue weighted by atomic mass is 127. The molecule has 3 rings (SSSR count). The molecule has 0 amide bonds. The fourth-order valence-corrected chi connectivity index (χ4v) is 5.75. The zero-order valence-corrected chi connectivity index (χ0v) is 21.1. The third-order valence-electron chi connectivity index (χ3n) is 5.30. The molecular formula is C25H26INO4S. The number of hydrogen-bond donors (Lipinski definition) is 1. The summed E-state index contributed by atoms with van der Waals surface area (Å²) in [6.45, 7) is 4.65. The van der Waals surface area contributed by atoms with Gasteiger partial charge in [0.1, 0.15) is 0 Å². The van der Waals surface area contributed by atoms with Crippen molar-refractivity contribution >= 4 is 38.6 Å². The molecule has 0 radical (unpaired) electrons. The van der Waals surface area contributed by atoms with Gasteiger partial charge in [-0.15, -0.1) is 0 Å². The first-order valence-electron chi connectivity index (χ1n) is 10.3. The van der Waals surface area contributed by atoms with E-state index in [1.54, 1.807) is 0 Å². The van der Waals surface area contributed by atoms with Crippen LogP contribution in [0.25, 0.3) is 0 Å². The number of carbonyl (C=O) groups is 1. The van der Waals surface area contributed by atoms with Crippen LogP contribution in [0.2, 0.25) is 0 Å². The number of hydrogen-bond acceptors (Lipinski definition) is 3. The van der Waals surface area contributed by atoms with Crippen molar-refractivity contribution < 1.29 is 18.3 Å². The molecule has 5 nitrogen and oxygen atoms in total. The van der Waals surface area contributed by atoms with Crippen molar-refractivity contribution in [2.75, 3.05) is 13.1 Å². The molecule has 7 heteroatoms. The summed E-state index contributed by atoms with van der Waals surface area (Å²) in [5, 5.41) is 9.38. The Morgan fingerprint density at radius 3 is 1.75 bits per heavy atom. The maximum atomic E-state index is 13.5. The Bertz CT molecular complexity index is 1140. The molecule has 0 unspecified atom stereocenters. The number of aryl methyl sites for hydroxylation is 2. The average Bonchev–Trinajstić information content (AvgIpc) is 2.75. The van der Waals surface area contributed by atoms with Crippen LogP contribution in [0.15, 0.2) is 71.6 Å². The molecule has 0 spiro atoms. The lowest BCUT2D eigenvalue weighted by molar-refractivity contribution is 0.0696. The fourth-order valence-electron chi connectivity index (χ4n) is 3.35.